The number of aryl methyl sites for hydroxylation is 3. The lowest BCUT2D eigenvalue weighted by atomic mass is 9.85. The molecule has 1 aliphatic heterocycles. The largest absolute Gasteiger partial charge is 0.481 e. The van der Waals surface area contributed by atoms with Gasteiger partial charge < -0.3 is 14.4 Å². The quantitative estimate of drug-likeness (QED) is 0.538. The van der Waals surface area contributed by atoms with E-state index >= 15 is 0 Å². The Kier molecular flexibility index (Phi) is 6.44. The monoisotopic (exact) mass is 499 g/mol. The van der Waals surface area contributed by atoms with E-state index < -0.39 is 5.97 Å². The van der Waals surface area contributed by atoms with Crippen LogP contribution in [-0.4, -0.2) is 49.7 Å². The van der Waals surface area contributed by atoms with E-state index in [1.807, 2.05) is 19.1 Å². The molecule has 3 atom stereocenters. The van der Waals surface area contributed by atoms with Gasteiger partial charge in [-0.2, -0.15) is 5.10 Å². The molecule has 186 valence electrons. The van der Waals surface area contributed by atoms with Crippen LogP contribution in [0.3, 0.4) is 0 Å². The number of fused-ring (bicyclic) bond motifs is 3. The van der Waals surface area contributed by atoms with E-state index in [9.17, 15) is 14.7 Å². The van der Waals surface area contributed by atoms with Crippen molar-refractivity contribution in [3.63, 3.8) is 0 Å². The standard InChI is InChI=1S/C25H30ClN5O4/c1-15-6-7-19-20(30(15)25(34)35-2)8-9-21-23(19)28-22(10-11-29-14-17(26)13-27-29)31(21)18-5-3-4-16(12-18)24(32)33/h8-9,13-16,18H,3-7,10-12H2,1-2H3,(H,32,33)/t15?,16-,18-/m1/s1. The van der Waals surface area contributed by atoms with Crippen molar-refractivity contribution >= 4 is 40.4 Å². The van der Waals surface area contributed by atoms with E-state index in [1.54, 1.807) is 22.0 Å². The summed E-state index contributed by atoms with van der Waals surface area (Å²) in [7, 11) is 1.40. The normalized spacial score (nSPS) is 22.3. The molecule has 10 heteroatoms. The van der Waals surface area contributed by atoms with Crippen LogP contribution in [0.15, 0.2) is 24.5 Å². The maximum atomic E-state index is 12.6. The molecular weight excluding hydrogens is 470 g/mol. The van der Waals surface area contributed by atoms with Crippen LogP contribution in [0.1, 0.15) is 56.5 Å². The molecule has 1 N–H and O–H groups in total. The lowest BCUT2D eigenvalue weighted by Crippen LogP contribution is -2.42. The molecule has 1 saturated carbocycles. The van der Waals surface area contributed by atoms with E-state index in [-0.39, 0.29) is 24.1 Å². The Morgan fingerprint density at radius 2 is 2.09 bits per heavy atom. The second-order valence-corrected chi connectivity index (χ2v) is 10.0. The molecule has 2 aromatic heterocycles. The van der Waals surface area contributed by atoms with Crippen molar-refractivity contribution in [2.75, 3.05) is 12.0 Å². The molecule has 0 spiro atoms. The number of aliphatic carboxylic acids is 1. The summed E-state index contributed by atoms with van der Waals surface area (Å²) < 4.78 is 9.10. The van der Waals surface area contributed by atoms with Crippen LogP contribution in [0, 0.1) is 5.92 Å². The van der Waals surface area contributed by atoms with E-state index in [4.69, 9.17) is 21.3 Å². The van der Waals surface area contributed by atoms with Gasteiger partial charge in [0.15, 0.2) is 0 Å². The molecule has 1 aliphatic carbocycles. The van der Waals surface area contributed by atoms with Gasteiger partial charge in [-0.15, -0.1) is 0 Å². The molecule has 3 heterocycles. The second-order valence-electron chi connectivity index (χ2n) is 9.58. The van der Waals surface area contributed by atoms with Crippen molar-refractivity contribution in [1.29, 1.82) is 0 Å². The summed E-state index contributed by atoms with van der Waals surface area (Å²) in [5.74, 6) is -0.177. The Hall–Kier alpha value is -3.07. The average Bonchev–Trinajstić information content (AvgIpc) is 3.44. The summed E-state index contributed by atoms with van der Waals surface area (Å²) in [4.78, 5) is 31.2. The molecule has 1 aromatic carbocycles. The number of carboxylic acid groups (broad SMARTS) is 1. The minimum absolute atomic E-state index is 0.0354. The number of imidazole rings is 1. The van der Waals surface area contributed by atoms with E-state index in [0.29, 0.717) is 30.8 Å². The number of benzene rings is 1. The fraction of sp³-hybridized carbons (Fsp3) is 0.520. The highest BCUT2D eigenvalue weighted by atomic mass is 35.5. The summed E-state index contributed by atoms with van der Waals surface area (Å²) in [6.07, 6.45) is 8.37. The number of hydrogen-bond donors (Lipinski definition) is 1. The smallest absolute Gasteiger partial charge is 0.414 e. The van der Waals surface area contributed by atoms with Crippen LogP contribution in [0.4, 0.5) is 10.5 Å². The summed E-state index contributed by atoms with van der Waals surface area (Å²) >= 11 is 6.05. The van der Waals surface area contributed by atoms with Gasteiger partial charge in [-0.25, -0.2) is 9.78 Å². The Morgan fingerprint density at radius 3 is 2.80 bits per heavy atom. The van der Waals surface area contributed by atoms with Crippen LogP contribution in [0.2, 0.25) is 5.02 Å². The zero-order valence-corrected chi connectivity index (χ0v) is 20.7. The first-order chi connectivity index (χ1) is 16.9. The number of anilines is 1. The number of carbonyl (C=O) groups excluding carboxylic acids is 1. The lowest BCUT2D eigenvalue weighted by Gasteiger charge is -2.34. The molecule has 1 amide bonds. The van der Waals surface area contributed by atoms with E-state index in [2.05, 4.69) is 9.67 Å². The third-order valence-corrected chi connectivity index (χ3v) is 7.62. The third-order valence-electron chi connectivity index (χ3n) is 7.43. The third kappa shape index (κ3) is 4.37. The van der Waals surface area contributed by atoms with Gasteiger partial charge in [0, 0.05) is 36.8 Å². The van der Waals surface area contributed by atoms with E-state index in [0.717, 1.165) is 53.8 Å². The zero-order chi connectivity index (χ0) is 24.7. The summed E-state index contributed by atoms with van der Waals surface area (Å²) in [6.45, 7) is 2.63. The molecule has 9 nitrogen and oxygen atoms in total. The number of nitrogens with zero attached hydrogens (tertiary/aromatic N) is 5. The van der Waals surface area contributed by atoms with Crippen LogP contribution in [-0.2, 0) is 28.9 Å². The maximum Gasteiger partial charge on any atom is 0.414 e. The number of carboxylic acids is 1. The van der Waals surface area contributed by atoms with E-state index in [1.165, 1.54) is 7.11 Å². The van der Waals surface area contributed by atoms with Gasteiger partial charge in [0.2, 0.25) is 0 Å². The van der Waals surface area contributed by atoms with Crippen molar-refractivity contribution in [2.24, 2.45) is 5.92 Å². The van der Waals surface area contributed by atoms with Gasteiger partial charge >= 0.3 is 12.1 Å². The molecule has 2 aliphatic rings. The van der Waals surface area contributed by atoms with Gasteiger partial charge in [-0.3, -0.25) is 14.4 Å². The number of methoxy groups -OCH3 is 1. The first-order valence-corrected chi connectivity index (χ1v) is 12.6. The number of ether oxygens (including phenoxy) is 1. The number of amides is 1. The van der Waals surface area contributed by atoms with Crippen molar-refractivity contribution in [3.8, 4) is 0 Å². The Labute approximate surface area is 208 Å². The minimum atomic E-state index is -0.730. The van der Waals surface area contributed by atoms with Crippen LogP contribution < -0.4 is 4.90 Å². The Morgan fingerprint density at radius 1 is 1.26 bits per heavy atom. The zero-order valence-electron chi connectivity index (χ0n) is 20.0. The first kappa shape index (κ1) is 23.7. The second kappa shape index (κ2) is 9.53. The number of aromatic nitrogens is 4. The number of halogens is 1. The summed E-state index contributed by atoms with van der Waals surface area (Å²) in [5.41, 5.74) is 3.76. The molecule has 5 rings (SSSR count). The number of hydrogen-bond acceptors (Lipinski definition) is 5. The minimum Gasteiger partial charge on any atom is -0.481 e. The molecule has 0 bridgehead atoms. The predicted octanol–water partition coefficient (Wildman–Crippen LogP) is 4.85. The van der Waals surface area contributed by atoms with Crippen molar-refractivity contribution in [3.05, 3.63) is 40.9 Å². The van der Waals surface area contributed by atoms with Gasteiger partial charge in [0.05, 0.1) is 41.0 Å². The van der Waals surface area contributed by atoms with Crippen LogP contribution in [0.25, 0.3) is 11.0 Å². The lowest BCUT2D eigenvalue weighted by molar-refractivity contribution is -0.143. The predicted molar refractivity (Wildman–Crippen MR) is 132 cm³/mol. The highest BCUT2D eigenvalue weighted by Crippen LogP contribution is 2.40. The fourth-order valence-corrected chi connectivity index (χ4v) is 5.86. The maximum absolute atomic E-state index is 12.6. The number of rotatable bonds is 5. The molecular formula is C25H30ClN5O4. The molecule has 3 aromatic rings. The Balaban J connectivity index is 1.60. The van der Waals surface area contributed by atoms with Crippen LogP contribution in [0.5, 0.6) is 0 Å². The Bertz CT molecular complexity index is 1270. The molecule has 1 fully saturated rings. The van der Waals surface area contributed by atoms with Crippen molar-refractivity contribution in [1.82, 2.24) is 19.3 Å². The average molecular weight is 500 g/mol. The molecule has 35 heavy (non-hydrogen) atoms. The summed E-state index contributed by atoms with van der Waals surface area (Å²) in [6, 6.07) is 4.10. The SMILES string of the molecule is COC(=O)N1c2ccc3c(nc(CCn4cc(Cl)cn4)n3[C@@H]3CCC[C@@H](C(=O)O)C3)c2CCC1C. The molecule has 1 unspecified atom stereocenters. The summed E-state index contributed by atoms with van der Waals surface area (Å²) in [5, 5.41) is 14.6. The number of carbonyl (C=O) groups is 2. The van der Waals surface area contributed by atoms with Crippen molar-refractivity contribution < 1.29 is 19.4 Å². The van der Waals surface area contributed by atoms with Gasteiger partial charge in [0.25, 0.3) is 0 Å². The van der Waals surface area contributed by atoms with Gasteiger partial charge in [-0.1, -0.05) is 18.0 Å². The van der Waals surface area contributed by atoms with Crippen LogP contribution >= 0.6 is 11.6 Å². The van der Waals surface area contributed by atoms with Gasteiger partial charge in [0.1, 0.15) is 5.82 Å². The first-order valence-electron chi connectivity index (χ1n) is 12.2. The van der Waals surface area contributed by atoms with Gasteiger partial charge in [-0.05, 0) is 51.2 Å². The van der Waals surface area contributed by atoms with Crippen molar-refractivity contribution in [2.45, 2.75) is 70.5 Å². The molecule has 0 radical (unpaired) electrons. The highest BCUT2D eigenvalue weighted by Gasteiger charge is 2.34. The fourth-order valence-electron chi connectivity index (χ4n) is 5.70. The molecule has 0 saturated heterocycles. The highest BCUT2D eigenvalue weighted by molar-refractivity contribution is 6.30. The topological polar surface area (TPSA) is 102 Å².